The minimum absolute atomic E-state index is 0.0916. The first-order valence-electron chi connectivity index (χ1n) is 4.57. The number of phenolic OH excluding ortho intramolecular Hbond substituents is 1. The van der Waals surface area contributed by atoms with E-state index in [1.54, 1.807) is 7.05 Å². The van der Waals surface area contributed by atoms with Crippen LogP contribution in [-0.2, 0) is 7.05 Å². The molecule has 3 N–H and O–H groups in total. The summed E-state index contributed by atoms with van der Waals surface area (Å²) < 4.78 is 28.4. The van der Waals surface area contributed by atoms with Crippen molar-refractivity contribution in [2.45, 2.75) is 0 Å². The lowest BCUT2D eigenvalue weighted by atomic mass is 10.1. The summed E-state index contributed by atoms with van der Waals surface area (Å²) in [4.78, 5) is 0. The van der Waals surface area contributed by atoms with Gasteiger partial charge in [-0.25, -0.2) is 8.78 Å². The van der Waals surface area contributed by atoms with E-state index in [0.29, 0.717) is 0 Å². The summed E-state index contributed by atoms with van der Waals surface area (Å²) in [7, 11) is 1.56. The van der Waals surface area contributed by atoms with Crippen molar-refractivity contribution in [2.75, 3.05) is 5.73 Å². The lowest BCUT2D eigenvalue weighted by molar-refractivity contribution is 0.428. The molecule has 0 unspecified atom stereocenters. The molecule has 17 heavy (non-hydrogen) atoms. The molecule has 1 heterocycles. The Morgan fingerprint density at radius 1 is 1.47 bits per heavy atom. The zero-order valence-corrected chi connectivity index (χ0v) is 10.3. The molecular weight excluding hydrogens is 296 g/mol. The molecule has 0 atom stereocenters. The normalized spacial score (nSPS) is 10.8. The number of hydrogen-bond donors (Lipinski definition) is 2. The molecule has 0 aliphatic carbocycles. The van der Waals surface area contributed by atoms with Gasteiger partial charge in [-0.05, 0) is 22.0 Å². The van der Waals surface area contributed by atoms with Crippen molar-refractivity contribution >= 4 is 21.7 Å². The van der Waals surface area contributed by atoms with Gasteiger partial charge >= 0.3 is 0 Å². The summed E-state index contributed by atoms with van der Waals surface area (Å²) in [6, 6.07) is 0.848. The van der Waals surface area contributed by atoms with Gasteiger partial charge in [-0.2, -0.15) is 5.10 Å². The molecule has 0 spiro atoms. The fraction of sp³-hybridized carbons (Fsp3) is 0.100. The van der Waals surface area contributed by atoms with E-state index in [1.165, 1.54) is 10.9 Å². The van der Waals surface area contributed by atoms with Crippen LogP contribution < -0.4 is 5.73 Å². The predicted octanol–water partition coefficient (Wildman–Crippen LogP) is 2.42. The van der Waals surface area contributed by atoms with Gasteiger partial charge in [0.1, 0.15) is 11.6 Å². The number of nitrogen functional groups attached to an aromatic ring is 1. The molecule has 0 bridgehead atoms. The molecular formula is C10H8BrF2N3O. The summed E-state index contributed by atoms with van der Waals surface area (Å²) >= 11 is 2.87. The highest BCUT2D eigenvalue weighted by Crippen LogP contribution is 2.39. The molecule has 1 aromatic heterocycles. The molecule has 2 rings (SSSR count). The van der Waals surface area contributed by atoms with Crippen LogP contribution in [0.15, 0.2) is 16.7 Å². The van der Waals surface area contributed by atoms with Crippen LogP contribution in [0.5, 0.6) is 5.75 Å². The van der Waals surface area contributed by atoms with Crippen LogP contribution in [0.3, 0.4) is 0 Å². The van der Waals surface area contributed by atoms with Crippen molar-refractivity contribution in [3.8, 4) is 16.9 Å². The summed E-state index contributed by atoms with van der Waals surface area (Å²) in [5.74, 6) is -2.37. The smallest absolute Gasteiger partial charge is 0.166 e. The SMILES string of the molecule is Cn1ncc(-c2c(O)c(F)cc(Br)c2F)c1N. The second-order valence-electron chi connectivity index (χ2n) is 3.44. The van der Waals surface area contributed by atoms with Gasteiger partial charge in [0, 0.05) is 7.05 Å². The van der Waals surface area contributed by atoms with Crippen LogP contribution >= 0.6 is 15.9 Å². The molecule has 0 saturated carbocycles. The van der Waals surface area contributed by atoms with E-state index in [-0.39, 0.29) is 21.4 Å². The molecule has 0 fully saturated rings. The standard InChI is InChI=1S/C10H8BrF2N3O/c1-16-10(14)4(3-15-16)7-8(13)5(11)2-6(12)9(7)17/h2-3,17H,14H2,1H3. The van der Waals surface area contributed by atoms with Crippen molar-refractivity contribution < 1.29 is 13.9 Å². The third kappa shape index (κ3) is 1.76. The van der Waals surface area contributed by atoms with E-state index >= 15 is 0 Å². The molecule has 0 radical (unpaired) electrons. The average Bonchev–Trinajstić information content (AvgIpc) is 2.59. The lowest BCUT2D eigenvalue weighted by Crippen LogP contribution is -1.99. The number of aromatic nitrogens is 2. The zero-order valence-electron chi connectivity index (χ0n) is 8.71. The molecule has 0 amide bonds. The van der Waals surface area contributed by atoms with Crippen molar-refractivity contribution in [1.82, 2.24) is 9.78 Å². The Hall–Kier alpha value is -1.63. The number of hydrogen-bond acceptors (Lipinski definition) is 3. The highest BCUT2D eigenvalue weighted by molar-refractivity contribution is 9.10. The van der Waals surface area contributed by atoms with Gasteiger partial charge in [-0.15, -0.1) is 0 Å². The summed E-state index contributed by atoms with van der Waals surface area (Å²) in [6.45, 7) is 0. The van der Waals surface area contributed by atoms with Crippen LogP contribution in [0.2, 0.25) is 0 Å². The van der Waals surface area contributed by atoms with E-state index in [2.05, 4.69) is 21.0 Å². The largest absolute Gasteiger partial charge is 0.504 e. The number of nitrogens with two attached hydrogens (primary N) is 1. The second-order valence-corrected chi connectivity index (χ2v) is 4.30. The fourth-order valence-electron chi connectivity index (χ4n) is 1.47. The number of aryl methyl sites for hydroxylation is 1. The minimum Gasteiger partial charge on any atom is -0.504 e. The Kier molecular flexibility index (Phi) is 2.78. The monoisotopic (exact) mass is 303 g/mol. The van der Waals surface area contributed by atoms with Crippen LogP contribution in [0.25, 0.3) is 11.1 Å². The number of halogens is 3. The minimum atomic E-state index is -0.934. The van der Waals surface area contributed by atoms with Crippen LogP contribution in [-0.4, -0.2) is 14.9 Å². The number of rotatable bonds is 1. The molecule has 4 nitrogen and oxygen atoms in total. The molecule has 90 valence electrons. The summed E-state index contributed by atoms with van der Waals surface area (Å²) in [5.41, 5.74) is 5.50. The molecule has 0 saturated heterocycles. The number of phenols is 1. The van der Waals surface area contributed by atoms with Gasteiger partial charge in [0.05, 0.1) is 21.8 Å². The highest BCUT2D eigenvalue weighted by Gasteiger charge is 2.21. The maximum atomic E-state index is 13.9. The van der Waals surface area contributed by atoms with E-state index in [0.717, 1.165) is 6.07 Å². The summed E-state index contributed by atoms with van der Waals surface area (Å²) in [6.07, 6.45) is 1.26. The van der Waals surface area contributed by atoms with Gasteiger partial charge in [0.2, 0.25) is 0 Å². The quantitative estimate of drug-likeness (QED) is 0.795. The Morgan fingerprint density at radius 2 is 2.12 bits per heavy atom. The van der Waals surface area contributed by atoms with Crippen molar-refractivity contribution in [1.29, 1.82) is 0 Å². The van der Waals surface area contributed by atoms with E-state index < -0.39 is 17.4 Å². The fourth-order valence-corrected chi connectivity index (χ4v) is 1.87. The molecule has 0 aliphatic heterocycles. The first-order valence-corrected chi connectivity index (χ1v) is 5.37. The molecule has 1 aromatic carbocycles. The third-order valence-corrected chi connectivity index (χ3v) is 2.98. The van der Waals surface area contributed by atoms with Crippen molar-refractivity contribution in [3.05, 3.63) is 28.4 Å². The Labute approximate surface area is 104 Å². The maximum absolute atomic E-state index is 13.9. The van der Waals surface area contributed by atoms with Gasteiger partial charge in [-0.3, -0.25) is 4.68 Å². The maximum Gasteiger partial charge on any atom is 0.166 e. The van der Waals surface area contributed by atoms with E-state index in [9.17, 15) is 13.9 Å². The Bertz CT molecular complexity index is 571. The van der Waals surface area contributed by atoms with E-state index in [1.807, 2.05) is 0 Å². The Balaban J connectivity index is 2.79. The second kappa shape index (κ2) is 3.99. The average molecular weight is 304 g/mol. The molecule has 0 aliphatic rings. The third-order valence-electron chi connectivity index (χ3n) is 2.40. The first kappa shape index (κ1) is 11.8. The molecule has 2 aromatic rings. The van der Waals surface area contributed by atoms with Gasteiger partial charge in [0.25, 0.3) is 0 Å². The number of aromatic hydroxyl groups is 1. The topological polar surface area (TPSA) is 64.1 Å². The zero-order chi connectivity index (χ0) is 12.7. The van der Waals surface area contributed by atoms with Crippen LogP contribution in [0, 0.1) is 11.6 Å². The number of benzene rings is 1. The summed E-state index contributed by atoms with van der Waals surface area (Å²) in [5, 5.41) is 13.4. The van der Waals surface area contributed by atoms with E-state index in [4.69, 9.17) is 5.73 Å². The molecule has 7 heteroatoms. The number of anilines is 1. The predicted molar refractivity (Wildman–Crippen MR) is 62.3 cm³/mol. The number of nitrogens with zero attached hydrogens (tertiary/aromatic N) is 2. The van der Waals surface area contributed by atoms with Gasteiger partial charge in [-0.1, -0.05) is 0 Å². The van der Waals surface area contributed by atoms with Crippen LogP contribution in [0.1, 0.15) is 0 Å². The lowest BCUT2D eigenvalue weighted by Gasteiger charge is -2.08. The van der Waals surface area contributed by atoms with Crippen molar-refractivity contribution in [3.63, 3.8) is 0 Å². The first-order chi connectivity index (χ1) is 7.93. The van der Waals surface area contributed by atoms with Gasteiger partial charge in [0.15, 0.2) is 11.6 Å². The Morgan fingerprint density at radius 3 is 2.65 bits per heavy atom. The van der Waals surface area contributed by atoms with Crippen molar-refractivity contribution in [2.24, 2.45) is 7.05 Å². The highest BCUT2D eigenvalue weighted by atomic mass is 79.9. The van der Waals surface area contributed by atoms with Crippen LogP contribution in [0.4, 0.5) is 14.6 Å². The van der Waals surface area contributed by atoms with Gasteiger partial charge < -0.3 is 10.8 Å².